The third-order valence-corrected chi connectivity index (χ3v) is 8.56. The molecule has 0 aromatic heterocycles. The lowest BCUT2D eigenvalue weighted by Gasteiger charge is -2.32. The van der Waals surface area contributed by atoms with Crippen molar-refractivity contribution in [1.82, 2.24) is 15.1 Å². The van der Waals surface area contributed by atoms with E-state index in [2.05, 4.69) is 29.1 Å². The van der Waals surface area contributed by atoms with Crippen molar-refractivity contribution in [2.45, 2.75) is 123 Å². The number of nitrogens with one attached hydrogen (secondary N) is 1. The number of piperazine rings is 1. The zero-order valence-corrected chi connectivity index (χ0v) is 27.1. The van der Waals surface area contributed by atoms with Crippen LogP contribution in [0.3, 0.4) is 0 Å². The van der Waals surface area contributed by atoms with Crippen LogP contribution in [-0.2, 0) is 16.1 Å². The van der Waals surface area contributed by atoms with Crippen LogP contribution in [0.4, 0.5) is 10.5 Å². The zero-order chi connectivity index (χ0) is 30.1. The number of alkyl carbamates (subject to hydrolysis) is 1. The highest BCUT2D eigenvalue weighted by Gasteiger charge is 2.15. The summed E-state index contributed by atoms with van der Waals surface area (Å²) in [5, 5.41) is 2.89. The molecule has 1 aromatic carbocycles. The van der Waals surface area contributed by atoms with Gasteiger partial charge in [0.1, 0.15) is 6.61 Å². The molecule has 1 saturated heterocycles. The van der Waals surface area contributed by atoms with Gasteiger partial charge < -0.3 is 24.8 Å². The van der Waals surface area contributed by atoms with E-state index >= 15 is 0 Å². The van der Waals surface area contributed by atoms with Crippen LogP contribution in [0.25, 0.3) is 0 Å². The van der Waals surface area contributed by atoms with Gasteiger partial charge in [-0.3, -0.25) is 4.79 Å². The largest absolute Gasteiger partial charge is 0.445 e. The van der Waals surface area contributed by atoms with Crippen molar-refractivity contribution in [2.75, 3.05) is 57.8 Å². The van der Waals surface area contributed by atoms with E-state index in [1.165, 1.54) is 89.9 Å². The molecule has 0 unspecified atom stereocenters. The average molecular weight is 587 g/mol. The molecule has 1 heterocycles. The topological polar surface area (TPSA) is 65.1 Å². The number of carbonyl (C=O) groups is 2. The molecule has 1 N–H and O–H groups in total. The number of amides is 2. The molecule has 0 spiro atoms. The average Bonchev–Trinajstić information content (AvgIpc) is 3.01. The molecule has 1 fully saturated rings. The molecule has 0 aliphatic carbocycles. The summed E-state index contributed by atoms with van der Waals surface area (Å²) in [6, 6.07) is 7.70. The number of carbonyl (C=O) groups excluding carboxylic acids is 2. The molecule has 1 aliphatic heterocycles. The highest BCUT2D eigenvalue weighted by molar-refractivity contribution is 5.77. The summed E-state index contributed by atoms with van der Waals surface area (Å²) in [5.74, 6) is 0. The Morgan fingerprint density at radius 3 is 1.93 bits per heavy atom. The van der Waals surface area contributed by atoms with Gasteiger partial charge in [-0.05, 0) is 32.5 Å². The minimum atomic E-state index is -0.390. The molecule has 0 saturated carbocycles. The van der Waals surface area contributed by atoms with E-state index in [1.807, 2.05) is 24.3 Å². The Balaban J connectivity index is 1.47. The van der Waals surface area contributed by atoms with Crippen LogP contribution in [0, 0.1) is 0 Å². The van der Waals surface area contributed by atoms with Crippen LogP contribution < -0.4 is 10.2 Å². The molecule has 0 radical (unpaired) electrons. The number of para-hydroxylation sites is 1. The first-order valence-corrected chi connectivity index (χ1v) is 17.3. The summed E-state index contributed by atoms with van der Waals surface area (Å²) in [4.78, 5) is 30.7. The number of hydrogen-bond donors (Lipinski definition) is 1. The van der Waals surface area contributed by atoms with Crippen LogP contribution in [0.2, 0.25) is 0 Å². The van der Waals surface area contributed by atoms with E-state index in [4.69, 9.17) is 4.74 Å². The quantitative estimate of drug-likeness (QED) is 0.0936. The second-order valence-electron chi connectivity index (χ2n) is 12.2. The molecule has 1 aromatic rings. The van der Waals surface area contributed by atoms with Gasteiger partial charge in [-0.15, -0.1) is 0 Å². The lowest BCUT2D eigenvalue weighted by atomic mass is 10.0. The Morgan fingerprint density at radius 2 is 1.36 bits per heavy atom. The van der Waals surface area contributed by atoms with Crippen molar-refractivity contribution in [3.63, 3.8) is 0 Å². The maximum absolute atomic E-state index is 12.3. The number of likely N-dealkylation sites (N-methyl/N-ethyl adjacent to an activating group) is 1. The van der Waals surface area contributed by atoms with Crippen LogP contribution >= 0.6 is 0 Å². The Kier molecular flexibility index (Phi) is 20.9. The van der Waals surface area contributed by atoms with E-state index < -0.39 is 6.09 Å². The van der Waals surface area contributed by atoms with E-state index in [-0.39, 0.29) is 6.61 Å². The normalized spacial score (nSPS) is 14.1. The SMILES string of the molecule is CCCCCCCCCCCCCCCCCCNC(=O)OCc1ccccc1N(C=O)CCCN1CCN(C)CC1. The van der Waals surface area contributed by atoms with Gasteiger partial charge in [0.15, 0.2) is 0 Å². The number of ether oxygens (including phenoxy) is 1. The monoisotopic (exact) mass is 586 g/mol. The highest BCUT2D eigenvalue weighted by atomic mass is 16.5. The Morgan fingerprint density at radius 1 is 0.810 bits per heavy atom. The van der Waals surface area contributed by atoms with Crippen molar-refractivity contribution in [2.24, 2.45) is 0 Å². The maximum atomic E-state index is 12.3. The number of unbranched alkanes of at least 4 members (excludes halogenated alkanes) is 15. The second-order valence-corrected chi connectivity index (χ2v) is 12.2. The number of hydrogen-bond acceptors (Lipinski definition) is 5. The third kappa shape index (κ3) is 17.1. The fourth-order valence-corrected chi connectivity index (χ4v) is 5.74. The van der Waals surface area contributed by atoms with Gasteiger partial charge >= 0.3 is 6.09 Å². The molecule has 2 amide bonds. The van der Waals surface area contributed by atoms with Crippen molar-refractivity contribution in [3.05, 3.63) is 29.8 Å². The number of benzene rings is 1. The minimum Gasteiger partial charge on any atom is -0.445 e. The third-order valence-electron chi connectivity index (χ3n) is 8.56. The van der Waals surface area contributed by atoms with Gasteiger partial charge in [-0.1, -0.05) is 121 Å². The zero-order valence-electron chi connectivity index (χ0n) is 27.1. The second kappa shape index (κ2) is 24.3. The van der Waals surface area contributed by atoms with Gasteiger partial charge in [0, 0.05) is 50.5 Å². The maximum Gasteiger partial charge on any atom is 0.407 e. The van der Waals surface area contributed by atoms with E-state index in [0.717, 1.165) is 69.6 Å². The lowest BCUT2D eigenvalue weighted by molar-refractivity contribution is -0.107. The molecular weight excluding hydrogens is 524 g/mol. The first-order chi connectivity index (χ1) is 20.6. The van der Waals surface area contributed by atoms with E-state index in [1.54, 1.807) is 4.90 Å². The van der Waals surface area contributed by atoms with E-state index in [0.29, 0.717) is 13.1 Å². The van der Waals surface area contributed by atoms with Crippen molar-refractivity contribution in [1.29, 1.82) is 0 Å². The van der Waals surface area contributed by atoms with Crippen molar-refractivity contribution < 1.29 is 14.3 Å². The lowest BCUT2D eigenvalue weighted by Crippen LogP contribution is -2.45. The van der Waals surface area contributed by atoms with Crippen LogP contribution in [-0.4, -0.2) is 75.2 Å². The first-order valence-electron chi connectivity index (χ1n) is 17.3. The number of anilines is 1. The molecule has 42 heavy (non-hydrogen) atoms. The van der Waals surface area contributed by atoms with Gasteiger partial charge in [0.2, 0.25) is 6.41 Å². The molecule has 7 heteroatoms. The fourth-order valence-electron chi connectivity index (χ4n) is 5.74. The summed E-state index contributed by atoms with van der Waals surface area (Å²) in [5.41, 5.74) is 1.67. The summed E-state index contributed by atoms with van der Waals surface area (Å²) >= 11 is 0. The predicted octanol–water partition coefficient (Wildman–Crippen LogP) is 7.77. The van der Waals surface area contributed by atoms with Crippen molar-refractivity contribution >= 4 is 18.2 Å². The van der Waals surface area contributed by atoms with Crippen molar-refractivity contribution in [3.8, 4) is 0 Å². The Bertz CT molecular complexity index is 813. The Labute approximate surface area is 257 Å². The molecule has 7 nitrogen and oxygen atoms in total. The van der Waals surface area contributed by atoms with Gasteiger partial charge in [-0.25, -0.2) is 4.79 Å². The summed E-state index contributed by atoms with van der Waals surface area (Å²) in [6.45, 7) is 9.07. The summed E-state index contributed by atoms with van der Waals surface area (Å²) in [6.07, 6.45) is 22.8. The van der Waals surface area contributed by atoms with Gasteiger partial charge in [0.05, 0.1) is 0 Å². The molecule has 1 aliphatic rings. The highest BCUT2D eigenvalue weighted by Crippen LogP contribution is 2.21. The molecule has 0 bridgehead atoms. The van der Waals surface area contributed by atoms with Crippen LogP contribution in [0.5, 0.6) is 0 Å². The fraction of sp³-hybridized carbons (Fsp3) is 0.771. The van der Waals surface area contributed by atoms with Gasteiger partial charge in [0.25, 0.3) is 0 Å². The molecule has 240 valence electrons. The van der Waals surface area contributed by atoms with E-state index in [9.17, 15) is 9.59 Å². The first kappa shape index (κ1) is 36.1. The summed E-state index contributed by atoms with van der Waals surface area (Å²) in [7, 11) is 2.16. The van der Waals surface area contributed by atoms with Crippen LogP contribution in [0.15, 0.2) is 24.3 Å². The van der Waals surface area contributed by atoms with Gasteiger partial charge in [-0.2, -0.15) is 0 Å². The number of nitrogens with zero attached hydrogens (tertiary/aromatic N) is 3. The summed E-state index contributed by atoms with van der Waals surface area (Å²) < 4.78 is 5.50. The number of rotatable bonds is 25. The van der Waals surface area contributed by atoms with Crippen LogP contribution in [0.1, 0.15) is 122 Å². The molecular formula is C35H62N4O3. The Hall–Kier alpha value is -2.12. The smallest absolute Gasteiger partial charge is 0.407 e. The predicted molar refractivity (Wildman–Crippen MR) is 176 cm³/mol. The molecule has 0 atom stereocenters. The molecule has 2 rings (SSSR count). The minimum absolute atomic E-state index is 0.157. The standard InChI is InChI=1S/C35H62N4O3/c1-3-4-5-6-7-8-9-10-11-12-13-14-15-16-17-20-24-36-35(41)42-31-33-22-18-19-23-34(33)39(32-40)26-21-25-38-29-27-37(2)28-30-38/h18-19,22-23,32H,3-17,20-21,24-31H2,1-2H3,(H,36,41).